The van der Waals surface area contributed by atoms with Crippen molar-refractivity contribution in [1.82, 2.24) is 10.2 Å². The second kappa shape index (κ2) is 7.62. The van der Waals surface area contributed by atoms with Crippen molar-refractivity contribution in [1.29, 1.82) is 0 Å². The minimum Gasteiger partial charge on any atom is -0.379 e. The molecule has 0 radical (unpaired) electrons. The summed E-state index contributed by atoms with van der Waals surface area (Å²) in [7, 11) is -3.43. The van der Waals surface area contributed by atoms with E-state index in [4.69, 9.17) is 4.74 Å². The van der Waals surface area contributed by atoms with Crippen molar-refractivity contribution in [3.05, 3.63) is 12.7 Å². The minimum absolute atomic E-state index is 0.176. The molecule has 1 amide bonds. The van der Waals surface area contributed by atoms with Gasteiger partial charge >= 0.3 is 0 Å². The maximum Gasteiger partial charge on any atom is 0.238 e. The van der Waals surface area contributed by atoms with Crippen LogP contribution >= 0.6 is 0 Å². The lowest BCUT2D eigenvalue weighted by Crippen LogP contribution is -2.44. The Kier molecular flexibility index (Phi) is 6.47. The highest BCUT2D eigenvalue weighted by Crippen LogP contribution is 2.02. The number of hydrogen-bond acceptors (Lipinski definition) is 5. The lowest BCUT2D eigenvalue weighted by Gasteiger charge is -2.26. The van der Waals surface area contributed by atoms with Gasteiger partial charge < -0.3 is 10.1 Å². The first kappa shape index (κ1) is 16.1. The van der Waals surface area contributed by atoms with Gasteiger partial charge in [0.2, 0.25) is 5.91 Å². The summed E-state index contributed by atoms with van der Waals surface area (Å²) in [5, 5.41) is 1.63. The van der Waals surface area contributed by atoms with E-state index in [1.165, 1.54) is 13.0 Å². The lowest BCUT2D eigenvalue weighted by molar-refractivity contribution is -0.120. The molecule has 1 N–H and O–H groups in total. The highest BCUT2D eigenvalue weighted by Gasteiger charge is 2.26. The predicted octanol–water partition coefficient (Wildman–Crippen LogP) is -0.576. The first-order valence-corrected chi connectivity index (χ1v) is 8.09. The van der Waals surface area contributed by atoms with Crippen molar-refractivity contribution in [2.75, 3.05) is 45.1 Å². The fourth-order valence-electron chi connectivity index (χ4n) is 1.78. The lowest BCUT2D eigenvalue weighted by atomic mass is 10.4. The second-order valence-electron chi connectivity index (χ2n) is 4.51. The van der Waals surface area contributed by atoms with Gasteiger partial charge in [-0.1, -0.05) is 6.08 Å². The Morgan fingerprint density at radius 2 is 2.11 bits per heavy atom. The number of hydrogen-bond donors (Lipinski definition) is 1. The zero-order valence-corrected chi connectivity index (χ0v) is 12.1. The third kappa shape index (κ3) is 5.30. The molecular formula is C12H22N2O4S. The number of rotatable bonds is 7. The van der Waals surface area contributed by atoms with Crippen molar-refractivity contribution in [2.24, 2.45) is 0 Å². The van der Waals surface area contributed by atoms with E-state index in [-0.39, 0.29) is 5.75 Å². The zero-order valence-electron chi connectivity index (χ0n) is 11.3. The third-order valence-corrected chi connectivity index (χ3v) is 5.08. The van der Waals surface area contributed by atoms with E-state index in [0.29, 0.717) is 26.3 Å². The van der Waals surface area contributed by atoms with Gasteiger partial charge in [0.05, 0.1) is 19.0 Å². The number of amides is 1. The fraction of sp³-hybridized carbons (Fsp3) is 0.750. The monoisotopic (exact) mass is 290 g/mol. The molecule has 1 unspecified atom stereocenters. The smallest absolute Gasteiger partial charge is 0.238 e. The zero-order chi connectivity index (χ0) is 14.3. The van der Waals surface area contributed by atoms with Crippen LogP contribution in [-0.2, 0) is 19.4 Å². The summed E-state index contributed by atoms with van der Waals surface area (Å²) >= 11 is 0. The van der Waals surface area contributed by atoms with Crippen LogP contribution in [-0.4, -0.2) is 69.6 Å². The average molecular weight is 290 g/mol. The highest BCUT2D eigenvalue weighted by atomic mass is 32.2. The summed E-state index contributed by atoms with van der Waals surface area (Å²) < 4.78 is 28.6. The van der Waals surface area contributed by atoms with Gasteiger partial charge in [-0.25, -0.2) is 8.42 Å². The van der Waals surface area contributed by atoms with E-state index < -0.39 is 21.0 Å². The topological polar surface area (TPSA) is 75.7 Å². The van der Waals surface area contributed by atoms with Gasteiger partial charge in [-0.05, 0) is 6.92 Å². The Morgan fingerprint density at radius 3 is 2.68 bits per heavy atom. The molecule has 1 atom stereocenters. The summed E-state index contributed by atoms with van der Waals surface area (Å²) in [5.41, 5.74) is 0. The number of nitrogens with one attached hydrogen (secondary N) is 1. The van der Waals surface area contributed by atoms with Crippen LogP contribution in [0, 0.1) is 0 Å². The molecule has 0 aromatic carbocycles. The molecule has 1 fully saturated rings. The van der Waals surface area contributed by atoms with Crippen LogP contribution in [0.15, 0.2) is 12.7 Å². The summed E-state index contributed by atoms with van der Waals surface area (Å²) in [4.78, 5) is 13.9. The molecule has 0 aliphatic carbocycles. The molecule has 19 heavy (non-hydrogen) atoms. The van der Waals surface area contributed by atoms with Gasteiger partial charge in [0.25, 0.3) is 0 Å². The van der Waals surface area contributed by atoms with Crippen molar-refractivity contribution in [2.45, 2.75) is 12.2 Å². The van der Waals surface area contributed by atoms with E-state index in [9.17, 15) is 13.2 Å². The maximum absolute atomic E-state index is 11.7. The predicted molar refractivity (Wildman–Crippen MR) is 73.7 cm³/mol. The van der Waals surface area contributed by atoms with Crippen LogP contribution in [0.25, 0.3) is 0 Å². The summed E-state index contributed by atoms with van der Waals surface area (Å²) in [5.74, 6) is -0.625. The number of carbonyl (C=O) groups excluding carboxylic acids is 1. The van der Waals surface area contributed by atoms with Gasteiger partial charge in [-0.2, -0.15) is 0 Å². The van der Waals surface area contributed by atoms with Gasteiger partial charge in [-0.15, -0.1) is 6.58 Å². The van der Waals surface area contributed by atoms with Crippen molar-refractivity contribution < 1.29 is 17.9 Å². The average Bonchev–Trinajstić information content (AvgIpc) is 2.39. The maximum atomic E-state index is 11.7. The molecule has 0 spiro atoms. The number of morpholine rings is 1. The Morgan fingerprint density at radius 1 is 1.47 bits per heavy atom. The highest BCUT2D eigenvalue weighted by molar-refractivity contribution is 7.92. The largest absolute Gasteiger partial charge is 0.379 e. The Hall–Kier alpha value is -0.920. The van der Waals surface area contributed by atoms with Gasteiger partial charge in [0.15, 0.2) is 9.84 Å². The van der Waals surface area contributed by atoms with Crippen LogP contribution < -0.4 is 5.32 Å². The number of ether oxygens (including phenoxy) is 1. The normalized spacial score (nSPS) is 18.8. The van der Waals surface area contributed by atoms with Crippen LogP contribution in [0.1, 0.15) is 6.92 Å². The Bertz CT molecular complexity index is 402. The van der Waals surface area contributed by atoms with Crippen LogP contribution in [0.3, 0.4) is 0 Å². The van der Waals surface area contributed by atoms with Crippen LogP contribution in [0.5, 0.6) is 0 Å². The molecule has 0 saturated carbocycles. The first-order chi connectivity index (χ1) is 8.97. The van der Waals surface area contributed by atoms with E-state index in [1.807, 2.05) is 0 Å². The molecule has 0 aromatic heterocycles. The summed E-state index contributed by atoms with van der Waals surface area (Å²) in [6.07, 6.45) is 1.30. The van der Waals surface area contributed by atoms with Gasteiger partial charge in [-0.3, -0.25) is 9.69 Å². The molecule has 110 valence electrons. The van der Waals surface area contributed by atoms with E-state index >= 15 is 0 Å². The van der Waals surface area contributed by atoms with Crippen LogP contribution in [0.2, 0.25) is 0 Å². The van der Waals surface area contributed by atoms with Crippen molar-refractivity contribution >= 4 is 15.7 Å². The molecule has 1 rings (SSSR count). The molecular weight excluding hydrogens is 268 g/mol. The van der Waals surface area contributed by atoms with Crippen molar-refractivity contribution in [3.63, 3.8) is 0 Å². The first-order valence-electron chi connectivity index (χ1n) is 6.37. The third-order valence-electron chi connectivity index (χ3n) is 3.09. The minimum atomic E-state index is -3.43. The summed E-state index contributed by atoms with van der Waals surface area (Å²) in [6.45, 7) is 9.06. The van der Waals surface area contributed by atoms with Gasteiger partial charge in [0, 0.05) is 26.2 Å². The van der Waals surface area contributed by atoms with E-state index in [2.05, 4.69) is 16.8 Å². The summed E-state index contributed by atoms with van der Waals surface area (Å²) in [6, 6.07) is 0. The molecule has 7 heteroatoms. The van der Waals surface area contributed by atoms with E-state index in [1.54, 1.807) is 0 Å². The fourth-order valence-corrected chi connectivity index (χ4v) is 2.80. The molecule has 1 aliphatic rings. The second-order valence-corrected chi connectivity index (χ2v) is 6.87. The number of nitrogens with zero attached hydrogens (tertiary/aromatic N) is 1. The quantitative estimate of drug-likeness (QED) is 0.635. The molecule has 1 aliphatic heterocycles. The van der Waals surface area contributed by atoms with Crippen LogP contribution in [0.4, 0.5) is 0 Å². The standard InChI is InChI=1S/C12H22N2O4S/c1-3-10-19(16,17)11(2)12(15)13-4-5-14-6-8-18-9-7-14/h3,11H,1,4-10H2,2H3,(H,13,15). The number of sulfone groups is 1. The molecule has 1 saturated heterocycles. The van der Waals surface area contributed by atoms with Gasteiger partial charge in [0.1, 0.15) is 5.25 Å². The van der Waals surface area contributed by atoms with E-state index in [0.717, 1.165) is 13.1 Å². The van der Waals surface area contributed by atoms with Crippen molar-refractivity contribution in [3.8, 4) is 0 Å². The Balaban J connectivity index is 2.32. The SMILES string of the molecule is C=CCS(=O)(=O)C(C)C(=O)NCCN1CCOCC1. The molecule has 0 bridgehead atoms. The molecule has 6 nitrogen and oxygen atoms in total. The molecule has 0 aromatic rings. The Labute approximate surface area is 114 Å². The number of carbonyl (C=O) groups is 1. The molecule has 1 heterocycles.